The van der Waals surface area contributed by atoms with E-state index in [0.29, 0.717) is 58.0 Å². The molecule has 4 unspecified atom stereocenters. The molecule has 3 aliphatic heterocycles. The molecule has 0 saturated carbocycles. The quantitative estimate of drug-likeness (QED) is 0.537. The van der Waals surface area contributed by atoms with Crippen molar-refractivity contribution in [3.63, 3.8) is 0 Å². The van der Waals surface area contributed by atoms with E-state index in [-0.39, 0.29) is 35.8 Å². The van der Waals surface area contributed by atoms with Gasteiger partial charge in [0.05, 0.1) is 5.92 Å². The summed E-state index contributed by atoms with van der Waals surface area (Å²) in [6.45, 7) is 6.01. The maximum absolute atomic E-state index is 12.6. The summed E-state index contributed by atoms with van der Waals surface area (Å²) < 4.78 is 0. The van der Waals surface area contributed by atoms with Crippen LogP contribution in [0.4, 0.5) is 0 Å². The average Bonchev–Trinajstić information content (AvgIpc) is 3.45. The fraction of sp³-hybridized carbons (Fsp3) is 0.826. The first-order valence-corrected chi connectivity index (χ1v) is 11.9. The Labute approximate surface area is 184 Å². The van der Waals surface area contributed by atoms with Gasteiger partial charge < -0.3 is 19.8 Å². The van der Waals surface area contributed by atoms with Crippen LogP contribution in [0.1, 0.15) is 78.1 Å². The SMILES string of the molecule is CCC(CC(CC(CC(C)N1CCCC1=O)N1CCCC1=O)N1CCCC1=O)C(=O)O. The normalized spacial score (nSPS) is 23.5. The summed E-state index contributed by atoms with van der Waals surface area (Å²) in [5, 5.41) is 9.62. The van der Waals surface area contributed by atoms with Gasteiger partial charge in [-0.2, -0.15) is 0 Å². The molecular weight excluding hydrogens is 398 g/mol. The van der Waals surface area contributed by atoms with Gasteiger partial charge in [0.2, 0.25) is 17.7 Å². The van der Waals surface area contributed by atoms with Crippen LogP contribution in [-0.2, 0) is 19.2 Å². The van der Waals surface area contributed by atoms with E-state index in [2.05, 4.69) is 0 Å². The molecular formula is C23H37N3O5. The number of likely N-dealkylation sites (tertiary alicyclic amines) is 3. The van der Waals surface area contributed by atoms with E-state index in [1.54, 1.807) is 0 Å². The molecule has 174 valence electrons. The number of nitrogens with zero attached hydrogens (tertiary/aromatic N) is 3. The molecule has 0 aromatic carbocycles. The predicted molar refractivity (Wildman–Crippen MR) is 115 cm³/mol. The highest BCUT2D eigenvalue weighted by Crippen LogP contribution is 2.30. The standard InChI is InChI=1S/C23H37N3O5/c1-3-17(23(30)31)14-19(26-12-6-9-22(26)29)15-18(25-11-5-8-21(25)28)13-16(2)24-10-4-7-20(24)27/h16-19H,3-15H2,1-2H3,(H,30,31). The molecule has 31 heavy (non-hydrogen) atoms. The van der Waals surface area contributed by atoms with Crippen LogP contribution in [0.25, 0.3) is 0 Å². The molecule has 0 aromatic heterocycles. The lowest BCUT2D eigenvalue weighted by atomic mass is 9.90. The average molecular weight is 436 g/mol. The molecule has 0 bridgehead atoms. The van der Waals surface area contributed by atoms with Crippen LogP contribution in [0.15, 0.2) is 0 Å². The fourth-order valence-electron chi connectivity index (χ4n) is 5.55. The Bertz CT molecular complexity index is 697. The monoisotopic (exact) mass is 435 g/mol. The number of rotatable bonds is 11. The van der Waals surface area contributed by atoms with Gasteiger partial charge in [-0.05, 0) is 51.9 Å². The smallest absolute Gasteiger partial charge is 0.306 e. The molecule has 0 aromatic rings. The molecule has 8 nitrogen and oxygen atoms in total. The van der Waals surface area contributed by atoms with Gasteiger partial charge in [-0.15, -0.1) is 0 Å². The summed E-state index contributed by atoms with van der Waals surface area (Å²) in [6.07, 6.45) is 6.29. The molecule has 0 radical (unpaired) electrons. The zero-order valence-electron chi connectivity index (χ0n) is 18.9. The summed E-state index contributed by atoms with van der Waals surface area (Å²) in [5.74, 6) is -0.960. The van der Waals surface area contributed by atoms with Gasteiger partial charge >= 0.3 is 5.97 Å². The van der Waals surface area contributed by atoms with E-state index >= 15 is 0 Å². The fourth-order valence-corrected chi connectivity index (χ4v) is 5.55. The minimum Gasteiger partial charge on any atom is -0.481 e. The zero-order chi connectivity index (χ0) is 22.5. The zero-order valence-corrected chi connectivity index (χ0v) is 18.9. The number of amides is 3. The van der Waals surface area contributed by atoms with E-state index < -0.39 is 11.9 Å². The third kappa shape index (κ3) is 5.57. The second-order valence-electron chi connectivity index (χ2n) is 9.38. The number of carbonyl (C=O) groups excluding carboxylic acids is 3. The maximum atomic E-state index is 12.6. The van der Waals surface area contributed by atoms with Gasteiger partial charge in [0.15, 0.2) is 0 Å². The van der Waals surface area contributed by atoms with E-state index in [0.717, 1.165) is 25.8 Å². The van der Waals surface area contributed by atoms with Crippen molar-refractivity contribution < 1.29 is 24.3 Å². The Balaban J connectivity index is 1.80. The maximum Gasteiger partial charge on any atom is 0.306 e. The van der Waals surface area contributed by atoms with E-state index in [4.69, 9.17) is 0 Å². The molecule has 3 amide bonds. The third-order valence-electron chi connectivity index (χ3n) is 7.30. The Morgan fingerprint density at radius 1 is 0.806 bits per heavy atom. The van der Waals surface area contributed by atoms with Gasteiger partial charge in [-0.3, -0.25) is 19.2 Å². The number of carboxylic acid groups (broad SMARTS) is 1. The molecule has 0 aliphatic carbocycles. The van der Waals surface area contributed by atoms with Crippen molar-refractivity contribution in [2.24, 2.45) is 5.92 Å². The Morgan fingerprint density at radius 3 is 1.65 bits per heavy atom. The van der Waals surface area contributed by atoms with Crippen molar-refractivity contribution in [1.82, 2.24) is 14.7 Å². The topological polar surface area (TPSA) is 98.2 Å². The molecule has 1 N–H and O–H groups in total. The molecule has 0 spiro atoms. The first-order valence-electron chi connectivity index (χ1n) is 11.9. The van der Waals surface area contributed by atoms with Crippen molar-refractivity contribution in [2.75, 3.05) is 19.6 Å². The number of aliphatic carboxylic acids is 1. The second-order valence-corrected chi connectivity index (χ2v) is 9.38. The highest BCUT2D eigenvalue weighted by Gasteiger charge is 2.38. The molecule has 3 fully saturated rings. The van der Waals surface area contributed by atoms with Crippen LogP contribution in [0, 0.1) is 5.92 Å². The first kappa shape index (κ1) is 23.5. The summed E-state index contributed by atoms with van der Waals surface area (Å²) in [4.78, 5) is 54.8. The Kier molecular flexibility index (Phi) is 7.94. The molecule has 4 atom stereocenters. The van der Waals surface area contributed by atoms with Crippen molar-refractivity contribution in [2.45, 2.75) is 96.2 Å². The largest absolute Gasteiger partial charge is 0.481 e. The van der Waals surface area contributed by atoms with Gasteiger partial charge in [0, 0.05) is 57.0 Å². The van der Waals surface area contributed by atoms with Crippen molar-refractivity contribution >= 4 is 23.7 Å². The predicted octanol–water partition coefficient (Wildman–Crippen LogP) is 2.26. The summed E-state index contributed by atoms with van der Waals surface area (Å²) >= 11 is 0. The van der Waals surface area contributed by atoms with Gasteiger partial charge in [-0.25, -0.2) is 0 Å². The van der Waals surface area contributed by atoms with E-state index in [1.807, 2.05) is 28.5 Å². The highest BCUT2D eigenvalue weighted by atomic mass is 16.4. The summed E-state index contributed by atoms with van der Waals surface area (Å²) in [6, 6.07) is -0.274. The lowest BCUT2D eigenvalue weighted by molar-refractivity contribution is -0.144. The number of carboxylic acids is 1. The Hall–Kier alpha value is -2.12. The molecule has 3 saturated heterocycles. The molecule has 3 rings (SSSR count). The highest BCUT2D eigenvalue weighted by molar-refractivity contribution is 5.80. The number of carbonyl (C=O) groups is 4. The summed E-state index contributed by atoms with van der Waals surface area (Å²) in [7, 11) is 0. The van der Waals surface area contributed by atoms with Gasteiger partial charge in [0.25, 0.3) is 0 Å². The van der Waals surface area contributed by atoms with Gasteiger partial charge in [-0.1, -0.05) is 6.92 Å². The van der Waals surface area contributed by atoms with E-state index in [9.17, 15) is 24.3 Å². The van der Waals surface area contributed by atoms with E-state index in [1.165, 1.54) is 0 Å². The van der Waals surface area contributed by atoms with Crippen LogP contribution in [0.5, 0.6) is 0 Å². The van der Waals surface area contributed by atoms with Gasteiger partial charge in [0.1, 0.15) is 0 Å². The van der Waals surface area contributed by atoms with Crippen LogP contribution in [0.2, 0.25) is 0 Å². The van der Waals surface area contributed by atoms with Crippen molar-refractivity contribution in [1.29, 1.82) is 0 Å². The molecule has 3 aliphatic rings. The van der Waals surface area contributed by atoms with Crippen LogP contribution < -0.4 is 0 Å². The lowest BCUT2D eigenvalue weighted by Gasteiger charge is -2.38. The number of hydrogen-bond donors (Lipinski definition) is 1. The Morgan fingerprint density at radius 2 is 1.26 bits per heavy atom. The first-order chi connectivity index (χ1) is 14.8. The summed E-state index contributed by atoms with van der Waals surface area (Å²) in [5.41, 5.74) is 0. The molecule has 3 heterocycles. The minimum atomic E-state index is -0.830. The van der Waals surface area contributed by atoms with Crippen LogP contribution in [0.3, 0.4) is 0 Å². The second kappa shape index (κ2) is 10.5. The van der Waals surface area contributed by atoms with Crippen LogP contribution in [-0.4, -0.2) is 81.3 Å². The third-order valence-corrected chi connectivity index (χ3v) is 7.30. The van der Waals surface area contributed by atoms with Crippen molar-refractivity contribution in [3.8, 4) is 0 Å². The minimum absolute atomic E-state index is 0.0183. The molecule has 8 heteroatoms. The number of hydrogen-bond acceptors (Lipinski definition) is 4. The lowest BCUT2D eigenvalue weighted by Crippen LogP contribution is -2.48. The van der Waals surface area contributed by atoms with Crippen molar-refractivity contribution in [3.05, 3.63) is 0 Å². The van der Waals surface area contributed by atoms with Crippen LogP contribution >= 0.6 is 0 Å².